The Bertz CT molecular complexity index is 969. The second kappa shape index (κ2) is 7.43. The number of pyridine rings is 2. The van der Waals surface area contributed by atoms with Crippen LogP contribution in [0.15, 0.2) is 72.1 Å². The number of aromatic nitrogens is 3. The fourth-order valence-corrected chi connectivity index (χ4v) is 5.51. The molecular formula is C22H23N5S. The minimum absolute atomic E-state index is 0.0235. The standard InChI is InChI=1S/C22H23N5S/c1-2-17-15-28-22-25-20(18-9-4-6-12-24-18)21(27(17)22)19-10-7-13-26(19)14-16-8-3-5-11-23-16/h3-13,17,20-21H,2,14-15H2,1H3/t17-,20+,21+/m0/s1. The van der Waals surface area contributed by atoms with Crippen molar-refractivity contribution in [1.82, 2.24) is 19.4 Å². The predicted octanol–water partition coefficient (Wildman–Crippen LogP) is 4.31. The van der Waals surface area contributed by atoms with E-state index in [1.54, 1.807) is 0 Å². The van der Waals surface area contributed by atoms with Gasteiger partial charge in [0.1, 0.15) is 6.04 Å². The smallest absolute Gasteiger partial charge is 0.160 e. The van der Waals surface area contributed by atoms with Crippen molar-refractivity contribution < 1.29 is 0 Å². The molecule has 5 nitrogen and oxygen atoms in total. The van der Waals surface area contributed by atoms with E-state index in [0.29, 0.717) is 6.04 Å². The summed E-state index contributed by atoms with van der Waals surface area (Å²) in [5.41, 5.74) is 3.38. The van der Waals surface area contributed by atoms with Gasteiger partial charge in [0, 0.05) is 36.1 Å². The lowest BCUT2D eigenvalue weighted by Crippen LogP contribution is -2.36. The summed E-state index contributed by atoms with van der Waals surface area (Å²) in [6.45, 7) is 3.04. The summed E-state index contributed by atoms with van der Waals surface area (Å²) in [6.07, 6.45) is 7.00. The molecule has 2 aliphatic rings. The van der Waals surface area contributed by atoms with Crippen molar-refractivity contribution in [3.63, 3.8) is 0 Å². The summed E-state index contributed by atoms with van der Waals surface area (Å²) in [5, 5.41) is 1.16. The van der Waals surface area contributed by atoms with E-state index in [9.17, 15) is 0 Å². The quantitative estimate of drug-likeness (QED) is 0.652. The van der Waals surface area contributed by atoms with E-state index in [0.717, 1.165) is 35.3 Å². The van der Waals surface area contributed by atoms with Crippen LogP contribution in [0.5, 0.6) is 0 Å². The van der Waals surface area contributed by atoms with Crippen molar-refractivity contribution >= 4 is 16.9 Å². The molecule has 3 aromatic rings. The van der Waals surface area contributed by atoms with Crippen LogP contribution in [0.25, 0.3) is 0 Å². The van der Waals surface area contributed by atoms with Crippen LogP contribution in [-0.2, 0) is 6.54 Å². The second-order valence-electron chi connectivity index (χ2n) is 7.22. The predicted molar refractivity (Wildman–Crippen MR) is 113 cm³/mol. The normalized spacial score (nSPS) is 23.7. The highest BCUT2D eigenvalue weighted by Crippen LogP contribution is 2.48. The highest BCUT2D eigenvalue weighted by Gasteiger charge is 2.46. The van der Waals surface area contributed by atoms with Crippen molar-refractivity contribution in [2.75, 3.05) is 5.75 Å². The third-order valence-electron chi connectivity index (χ3n) is 5.56. The topological polar surface area (TPSA) is 46.3 Å². The van der Waals surface area contributed by atoms with Crippen LogP contribution in [0.2, 0.25) is 0 Å². The van der Waals surface area contributed by atoms with Gasteiger partial charge in [-0.15, -0.1) is 0 Å². The Morgan fingerprint density at radius 1 is 1.04 bits per heavy atom. The lowest BCUT2D eigenvalue weighted by Gasteiger charge is -2.32. The minimum Gasteiger partial charge on any atom is -0.344 e. The molecule has 0 aromatic carbocycles. The highest BCUT2D eigenvalue weighted by atomic mass is 32.2. The molecule has 0 bridgehead atoms. The van der Waals surface area contributed by atoms with Gasteiger partial charge in [0.05, 0.1) is 24.0 Å². The largest absolute Gasteiger partial charge is 0.344 e. The van der Waals surface area contributed by atoms with Gasteiger partial charge in [-0.3, -0.25) is 15.0 Å². The first-order valence-corrected chi connectivity index (χ1v) is 10.8. The third kappa shape index (κ3) is 3.02. The molecule has 5 heterocycles. The summed E-state index contributed by atoms with van der Waals surface area (Å²) in [4.78, 5) is 16.8. The van der Waals surface area contributed by atoms with Gasteiger partial charge in [0.15, 0.2) is 5.17 Å². The Morgan fingerprint density at radius 3 is 2.64 bits per heavy atom. The molecule has 0 amide bonds. The molecular weight excluding hydrogens is 366 g/mol. The van der Waals surface area contributed by atoms with Crippen molar-refractivity contribution in [3.8, 4) is 0 Å². The third-order valence-corrected chi connectivity index (χ3v) is 6.68. The molecule has 0 N–H and O–H groups in total. The van der Waals surface area contributed by atoms with Crippen molar-refractivity contribution in [1.29, 1.82) is 0 Å². The first-order chi connectivity index (χ1) is 13.8. The molecule has 6 heteroatoms. The number of nitrogens with zero attached hydrogens (tertiary/aromatic N) is 5. The molecule has 0 radical (unpaired) electrons. The average Bonchev–Trinajstić information content (AvgIpc) is 3.44. The summed E-state index contributed by atoms with van der Waals surface area (Å²) in [5.74, 6) is 1.11. The van der Waals surface area contributed by atoms with Crippen LogP contribution in [0, 0.1) is 0 Å². The number of rotatable bonds is 5. The molecule has 5 rings (SSSR count). The number of thioether (sulfide) groups is 1. The maximum Gasteiger partial charge on any atom is 0.160 e. The number of amidine groups is 1. The SMILES string of the molecule is CC[C@H]1CSC2=N[C@H](c3ccccn3)[C@@H](c3cccn3Cc3ccccn3)N21. The first-order valence-electron chi connectivity index (χ1n) is 9.80. The number of aliphatic imine (C=N–C) groups is 1. The van der Waals surface area contributed by atoms with E-state index < -0.39 is 0 Å². The lowest BCUT2D eigenvalue weighted by molar-refractivity contribution is 0.246. The van der Waals surface area contributed by atoms with Crippen LogP contribution < -0.4 is 0 Å². The number of hydrogen-bond donors (Lipinski definition) is 0. The molecule has 3 aromatic heterocycles. The molecule has 0 spiro atoms. The average molecular weight is 390 g/mol. The van der Waals surface area contributed by atoms with Gasteiger partial charge in [0.25, 0.3) is 0 Å². The fourth-order valence-electron chi connectivity index (χ4n) is 4.18. The van der Waals surface area contributed by atoms with Gasteiger partial charge >= 0.3 is 0 Å². The van der Waals surface area contributed by atoms with E-state index in [2.05, 4.69) is 62.9 Å². The molecule has 142 valence electrons. The molecule has 0 unspecified atom stereocenters. The van der Waals surface area contributed by atoms with Gasteiger partial charge in [0.2, 0.25) is 0 Å². The van der Waals surface area contributed by atoms with E-state index in [1.807, 2.05) is 42.4 Å². The summed E-state index contributed by atoms with van der Waals surface area (Å²) in [6, 6.07) is 17.3. The van der Waals surface area contributed by atoms with Gasteiger partial charge in [-0.2, -0.15) is 0 Å². The molecule has 0 aliphatic carbocycles. The maximum atomic E-state index is 5.12. The van der Waals surface area contributed by atoms with Gasteiger partial charge in [-0.1, -0.05) is 30.8 Å². The zero-order valence-corrected chi connectivity index (χ0v) is 16.7. The fraction of sp³-hybridized carbons (Fsp3) is 0.318. The minimum atomic E-state index is 0.0235. The Labute approximate surface area is 169 Å². The maximum absolute atomic E-state index is 5.12. The molecule has 2 aliphatic heterocycles. The van der Waals surface area contributed by atoms with E-state index >= 15 is 0 Å². The van der Waals surface area contributed by atoms with E-state index in [-0.39, 0.29) is 12.1 Å². The monoisotopic (exact) mass is 389 g/mol. The first kappa shape index (κ1) is 17.5. The van der Waals surface area contributed by atoms with Gasteiger partial charge in [-0.05, 0) is 42.8 Å². The summed E-state index contributed by atoms with van der Waals surface area (Å²) in [7, 11) is 0. The van der Waals surface area contributed by atoms with Crippen molar-refractivity contribution in [2.24, 2.45) is 4.99 Å². The Balaban J connectivity index is 1.55. The van der Waals surface area contributed by atoms with Crippen LogP contribution in [0.4, 0.5) is 0 Å². The van der Waals surface area contributed by atoms with Crippen molar-refractivity contribution in [3.05, 3.63) is 84.2 Å². The van der Waals surface area contributed by atoms with Gasteiger partial charge in [-0.25, -0.2) is 0 Å². The Kier molecular flexibility index (Phi) is 4.64. The molecule has 1 fully saturated rings. The summed E-state index contributed by atoms with van der Waals surface area (Å²) < 4.78 is 2.32. The van der Waals surface area contributed by atoms with Crippen LogP contribution >= 0.6 is 11.8 Å². The molecule has 3 atom stereocenters. The van der Waals surface area contributed by atoms with Gasteiger partial charge < -0.3 is 9.47 Å². The number of hydrogen-bond acceptors (Lipinski definition) is 5. The molecule has 28 heavy (non-hydrogen) atoms. The Morgan fingerprint density at radius 2 is 1.89 bits per heavy atom. The van der Waals surface area contributed by atoms with E-state index in [1.165, 1.54) is 5.69 Å². The van der Waals surface area contributed by atoms with Crippen LogP contribution in [0.3, 0.4) is 0 Å². The second-order valence-corrected chi connectivity index (χ2v) is 8.21. The number of fused-ring (bicyclic) bond motifs is 1. The van der Waals surface area contributed by atoms with Crippen LogP contribution in [0.1, 0.15) is 42.5 Å². The molecule has 0 saturated carbocycles. The zero-order valence-electron chi connectivity index (χ0n) is 15.8. The van der Waals surface area contributed by atoms with E-state index in [4.69, 9.17) is 4.99 Å². The zero-order chi connectivity index (χ0) is 18.9. The summed E-state index contributed by atoms with van der Waals surface area (Å²) >= 11 is 1.88. The highest BCUT2D eigenvalue weighted by molar-refractivity contribution is 8.14. The van der Waals surface area contributed by atoms with Crippen molar-refractivity contribution in [2.45, 2.75) is 38.0 Å². The Hall–Kier alpha value is -2.60. The van der Waals surface area contributed by atoms with Crippen LogP contribution in [-0.4, -0.2) is 36.4 Å². The lowest BCUT2D eigenvalue weighted by atomic mass is 9.99. The molecule has 1 saturated heterocycles.